The zero-order valence-corrected chi connectivity index (χ0v) is 18.5. The molecule has 0 aliphatic heterocycles. The molecule has 0 radical (unpaired) electrons. The summed E-state index contributed by atoms with van der Waals surface area (Å²) in [4.78, 5) is 10.7. The Morgan fingerprint density at radius 2 is 1.93 bits per heavy atom. The van der Waals surface area contributed by atoms with Gasteiger partial charge in [-0.1, -0.05) is 59.2 Å². The van der Waals surface area contributed by atoms with Crippen molar-refractivity contribution in [3.05, 3.63) is 64.5 Å². The molecule has 0 amide bonds. The number of benzene rings is 1. The first kappa shape index (κ1) is 21.8. The number of pyridine rings is 1. The number of methoxy groups -OCH3 is 1. The minimum atomic E-state index is 0.272. The first-order chi connectivity index (χ1) is 14.1. The van der Waals surface area contributed by atoms with Gasteiger partial charge in [-0.15, -0.1) is 0 Å². The topological polar surface area (TPSA) is 52.4 Å². The number of para-hydroxylation sites is 1. The summed E-state index contributed by atoms with van der Waals surface area (Å²) in [5.41, 5.74) is 1.07. The van der Waals surface area contributed by atoms with Crippen LogP contribution in [-0.4, -0.2) is 41.8 Å². The van der Waals surface area contributed by atoms with Gasteiger partial charge in [0, 0.05) is 31.7 Å². The zero-order chi connectivity index (χ0) is 20.6. The molecular weight excluding hydrogens is 431 g/mol. The molecule has 0 N–H and O–H groups in total. The largest absolute Gasteiger partial charge is 0.491 e. The second-order valence-corrected chi connectivity index (χ2v) is 7.83. The van der Waals surface area contributed by atoms with E-state index in [9.17, 15) is 0 Å². The molecule has 2 heterocycles. The number of nitrogens with zero attached hydrogens (tertiary/aromatic N) is 4. The molecule has 29 heavy (non-hydrogen) atoms. The van der Waals surface area contributed by atoms with Gasteiger partial charge in [0.15, 0.2) is 15.5 Å². The van der Waals surface area contributed by atoms with E-state index >= 15 is 0 Å². The van der Waals surface area contributed by atoms with E-state index in [4.69, 9.17) is 32.7 Å². The lowest BCUT2D eigenvalue weighted by Crippen LogP contribution is -2.24. The van der Waals surface area contributed by atoms with Gasteiger partial charge >= 0.3 is 0 Å². The van der Waals surface area contributed by atoms with Gasteiger partial charge in [0.05, 0.1) is 6.54 Å². The Balaban J connectivity index is 1.60. The molecule has 0 unspecified atom stereocenters. The summed E-state index contributed by atoms with van der Waals surface area (Å²) in [6.45, 7) is 1.56. The van der Waals surface area contributed by atoms with E-state index in [2.05, 4.69) is 14.9 Å². The summed E-state index contributed by atoms with van der Waals surface area (Å²) in [6, 6.07) is 13.8. The maximum absolute atomic E-state index is 6.20. The summed E-state index contributed by atoms with van der Waals surface area (Å²) < 4.78 is 13.0. The predicted octanol–water partition coefficient (Wildman–Crippen LogP) is 5.00. The minimum Gasteiger partial charge on any atom is -0.491 e. The molecule has 0 aliphatic rings. The minimum absolute atomic E-state index is 0.272. The monoisotopic (exact) mass is 452 g/mol. The molecule has 9 heteroatoms. The smallest absolute Gasteiger partial charge is 0.173 e. The molecule has 0 saturated carbocycles. The molecule has 1 aromatic carbocycles. The second-order valence-electron chi connectivity index (χ2n) is 6.18. The number of rotatable bonds is 10. The van der Waals surface area contributed by atoms with Crippen LogP contribution in [0.4, 0.5) is 5.82 Å². The highest BCUT2D eigenvalue weighted by Gasteiger charge is 2.15. The highest BCUT2D eigenvalue weighted by Crippen LogP contribution is 2.32. The van der Waals surface area contributed by atoms with Crippen LogP contribution in [0.2, 0.25) is 10.3 Å². The van der Waals surface area contributed by atoms with Crippen molar-refractivity contribution in [2.75, 3.05) is 32.2 Å². The van der Waals surface area contributed by atoms with Crippen molar-refractivity contribution in [2.24, 2.45) is 0 Å². The van der Waals surface area contributed by atoms with Gasteiger partial charge < -0.3 is 14.4 Å². The van der Waals surface area contributed by atoms with Crippen LogP contribution in [0.3, 0.4) is 0 Å². The maximum atomic E-state index is 6.20. The van der Waals surface area contributed by atoms with Crippen molar-refractivity contribution in [1.29, 1.82) is 0 Å². The lowest BCUT2D eigenvalue weighted by molar-refractivity contribution is 0.124. The van der Waals surface area contributed by atoms with E-state index in [-0.39, 0.29) is 5.15 Å². The Hall–Kier alpha value is -1.93. The highest BCUT2D eigenvalue weighted by molar-refractivity contribution is 7.98. The summed E-state index contributed by atoms with van der Waals surface area (Å²) in [5, 5.41) is 1.35. The molecule has 0 saturated heterocycles. The molecule has 154 valence electrons. The normalized spacial score (nSPS) is 10.9. The van der Waals surface area contributed by atoms with E-state index in [1.807, 2.05) is 49.5 Å². The third-order valence-electron chi connectivity index (χ3n) is 4.14. The lowest BCUT2D eigenvalue weighted by atomic mass is 10.2. The summed E-state index contributed by atoms with van der Waals surface area (Å²) >= 11 is 13.8. The fourth-order valence-corrected chi connectivity index (χ4v) is 4.06. The van der Waals surface area contributed by atoms with Crippen LogP contribution in [0, 0.1) is 0 Å². The summed E-state index contributed by atoms with van der Waals surface area (Å²) in [7, 11) is 3.60. The first-order valence-corrected chi connectivity index (χ1v) is 10.7. The Kier molecular flexibility index (Phi) is 8.06. The highest BCUT2D eigenvalue weighted by atomic mass is 35.5. The molecule has 0 spiro atoms. The van der Waals surface area contributed by atoms with Crippen molar-refractivity contribution < 1.29 is 9.47 Å². The number of ether oxygens (including phenoxy) is 2. The van der Waals surface area contributed by atoms with Crippen LogP contribution in [-0.2, 0) is 17.2 Å². The number of hydrogen-bond donors (Lipinski definition) is 0. The first-order valence-electron chi connectivity index (χ1n) is 8.96. The Morgan fingerprint density at radius 1 is 1.14 bits per heavy atom. The average molecular weight is 453 g/mol. The number of halogens is 2. The second kappa shape index (κ2) is 10.7. The van der Waals surface area contributed by atoms with Crippen LogP contribution >= 0.6 is 35.0 Å². The molecule has 6 nitrogen and oxygen atoms in total. The van der Waals surface area contributed by atoms with Crippen molar-refractivity contribution in [3.8, 4) is 5.75 Å². The number of likely N-dealkylation sites (N-methyl/N-ethyl adjacent to an activating group) is 1. The van der Waals surface area contributed by atoms with E-state index in [0.29, 0.717) is 29.4 Å². The standard InChI is InChI=1S/C20H22Cl2N4O2S/c1-25(17-9-5-6-10-23-17)11-12-28-16-8-4-3-7-15(16)13-29-20-24-18(21)19(22)26(20)14-27-2/h3-10H,11-14H2,1-2H3. The summed E-state index contributed by atoms with van der Waals surface area (Å²) in [6.07, 6.45) is 1.78. The number of anilines is 1. The summed E-state index contributed by atoms with van der Waals surface area (Å²) in [5.74, 6) is 2.43. The number of thioether (sulfide) groups is 1. The van der Waals surface area contributed by atoms with Gasteiger partial charge in [-0.2, -0.15) is 0 Å². The molecule has 3 aromatic rings. The molecule has 0 fully saturated rings. The molecule has 0 aliphatic carbocycles. The van der Waals surface area contributed by atoms with E-state index in [1.54, 1.807) is 17.9 Å². The van der Waals surface area contributed by atoms with Crippen molar-refractivity contribution in [1.82, 2.24) is 14.5 Å². The van der Waals surface area contributed by atoms with E-state index in [0.717, 1.165) is 23.7 Å². The molecule has 3 rings (SSSR count). The van der Waals surface area contributed by atoms with Crippen molar-refractivity contribution in [3.63, 3.8) is 0 Å². The number of imidazole rings is 1. The third-order valence-corrected chi connectivity index (χ3v) is 5.91. The van der Waals surface area contributed by atoms with Gasteiger partial charge in [-0.25, -0.2) is 9.97 Å². The Morgan fingerprint density at radius 3 is 2.69 bits per heavy atom. The predicted molar refractivity (Wildman–Crippen MR) is 118 cm³/mol. The van der Waals surface area contributed by atoms with Crippen LogP contribution in [0.5, 0.6) is 5.75 Å². The third kappa shape index (κ3) is 5.79. The Labute approximate surface area is 184 Å². The molecule has 0 bridgehead atoms. The van der Waals surface area contributed by atoms with Gasteiger partial charge in [0.1, 0.15) is 24.9 Å². The quantitative estimate of drug-likeness (QED) is 0.403. The van der Waals surface area contributed by atoms with Crippen LogP contribution < -0.4 is 9.64 Å². The van der Waals surface area contributed by atoms with Gasteiger partial charge in [-0.05, 0) is 18.2 Å². The average Bonchev–Trinajstić information content (AvgIpc) is 3.01. The number of hydrogen-bond acceptors (Lipinski definition) is 6. The van der Waals surface area contributed by atoms with Crippen LogP contribution in [0.25, 0.3) is 0 Å². The maximum Gasteiger partial charge on any atom is 0.173 e. The SMILES string of the molecule is COCn1c(SCc2ccccc2OCCN(C)c2ccccn2)nc(Cl)c1Cl. The van der Waals surface area contributed by atoms with Gasteiger partial charge in [-0.3, -0.25) is 4.57 Å². The van der Waals surface area contributed by atoms with Gasteiger partial charge in [0.25, 0.3) is 0 Å². The van der Waals surface area contributed by atoms with E-state index in [1.165, 1.54) is 11.8 Å². The zero-order valence-electron chi connectivity index (χ0n) is 16.2. The molecule has 0 atom stereocenters. The Bertz CT molecular complexity index is 924. The van der Waals surface area contributed by atoms with Crippen LogP contribution in [0.1, 0.15) is 5.56 Å². The van der Waals surface area contributed by atoms with Crippen molar-refractivity contribution >= 4 is 40.8 Å². The van der Waals surface area contributed by atoms with Gasteiger partial charge in [0.2, 0.25) is 0 Å². The lowest BCUT2D eigenvalue weighted by Gasteiger charge is -2.19. The molecular formula is C20H22Cl2N4O2S. The van der Waals surface area contributed by atoms with Crippen LogP contribution in [0.15, 0.2) is 53.8 Å². The fourth-order valence-electron chi connectivity index (χ4n) is 2.63. The molecule has 2 aromatic heterocycles. The van der Waals surface area contributed by atoms with Crippen molar-refractivity contribution in [2.45, 2.75) is 17.6 Å². The fraction of sp³-hybridized carbons (Fsp3) is 0.300. The van der Waals surface area contributed by atoms with E-state index < -0.39 is 0 Å². The number of aromatic nitrogens is 3.